The van der Waals surface area contributed by atoms with Gasteiger partial charge in [0.1, 0.15) is 5.75 Å². The van der Waals surface area contributed by atoms with Crippen LogP contribution in [-0.2, 0) is 0 Å². The molecule has 2 bridgehead atoms. The number of hydrogen-bond acceptors (Lipinski definition) is 5. The van der Waals surface area contributed by atoms with E-state index in [9.17, 15) is 5.21 Å². The quantitative estimate of drug-likeness (QED) is 0.687. The lowest BCUT2D eigenvalue weighted by atomic mass is 9.91. The van der Waals surface area contributed by atoms with Crippen LogP contribution >= 0.6 is 0 Å². The summed E-state index contributed by atoms with van der Waals surface area (Å²) in [7, 11) is 1.70. The van der Waals surface area contributed by atoms with Crippen molar-refractivity contribution in [1.29, 1.82) is 0 Å². The summed E-state index contributed by atoms with van der Waals surface area (Å²) in [4.78, 5) is 4.97. The molecule has 2 aliphatic carbocycles. The number of piperazine rings is 1. The number of ether oxygens (including phenoxy) is 1. The Morgan fingerprint density at radius 2 is 1.83 bits per heavy atom. The van der Waals surface area contributed by atoms with Gasteiger partial charge in [0.2, 0.25) is 0 Å². The van der Waals surface area contributed by atoms with Gasteiger partial charge in [0, 0.05) is 37.8 Å². The van der Waals surface area contributed by atoms with Crippen molar-refractivity contribution < 1.29 is 9.94 Å². The van der Waals surface area contributed by atoms with Gasteiger partial charge in [-0.3, -0.25) is 4.90 Å². The summed E-state index contributed by atoms with van der Waals surface area (Å²) in [6.07, 6.45) is 3.74. The second-order valence-corrected chi connectivity index (χ2v) is 6.96. The summed E-state index contributed by atoms with van der Waals surface area (Å²) >= 11 is 0. The fraction of sp³-hybridized carbons (Fsp3) is 0.611. The van der Waals surface area contributed by atoms with Crippen LogP contribution in [0.4, 0.5) is 5.69 Å². The molecule has 0 aromatic heterocycles. The van der Waals surface area contributed by atoms with Crippen LogP contribution in [0.2, 0.25) is 0 Å². The number of nitrogens with zero attached hydrogens (tertiary/aromatic N) is 3. The molecule has 0 spiro atoms. The highest BCUT2D eigenvalue weighted by atomic mass is 16.5. The topological polar surface area (TPSA) is 48.3 Å². The van der Waals surface area contributed by atoms with E-state index in [2.05, 4.69) is 27.1 Å². The minimum atomic E-state index is 0.386. The molecule has 5 heteroatoms. The number of rotatable bonds is 3. The van der Waals surface area contributed by atoms with Crippen LogP contribution in [0.3, 0.4) is 0 Å². The zero-order chi connectivity index (χ0) is 15.8. The maximum atomic E-state index is 9.41. The van der Waals surface area contributed by atoms with Crippen molar-refractivity contribution in [3.63, 3.8) is 0 Å². The normalized spacial score (nSPS) is 32.7. The van der Waals surface area contributed by atoms with Crippen LogP contribution in [-0.4, -0.2) is 55.1 Å². The lowest BCUT2D eigenvalue weighted by Gasteiger charge is -2.41. The molecule has 1 aromatic carbocycles. The minimum absolute atomic E-state index is 0.386. The van der Waals surface area contributed by atoms with E-state index in [1.54, 1.807) is 7.11 Å². The third-order valence-corrected chi connectivity index (χ3v) is 5.90. The lowest BCUT2D eigenvalue weighted by molar-refractivity contribution is 0.181. The molecular formula is C18H25N3O2. The van der Waals surface area contributed by atoms with Crippen molar-refractivity contribution in [1.82, 2.24) is 4.90 Å². The molecule has 1 aromatic rings. The summed E-state index contributed by atoms with van der Waals surface area (Å²) in [6.45, 7) is 4.13. The minimum Gasteiger partial charge on any atom is -0.497 e. The molecule has 0 amide bonds. The summed E-state index contributed by atoms with van der Waals surface area (Å²) in [6, 6.07) is 8.69. The molecule has 0 unspecified atom stereocenters. The largest absolute Gasteiger partial charge is 0.497 e. The Hall–Kier alpha value is -1.75. The van der Waals surface area contributed by atoms with Gasteiger partial charge in [0.15, 0.2) is 0 Å². The molecule has 4 rings (SSSR count). The highest BCUT2D eigenvalue weighted by Gasteiger charge is 2.48. The second kappa shape index (κ2) is 6.04. The van der Waals surface area contributed by atoms with Crippen LogP contribution in [0, 0.1) is 11.8 Å². The van der Waals surface area contributed by atoms with Crippen LogP contribution < -0.4 is 9.64 Å². The first kappa shape index (κ1) is 14.8. The van der Waals surface area contributed by atoms with Crippen LogP contribution in [0.25, 0.3) is 0 Å². The molecule has 3 atom stereocenters. The molecule has 23 heavy (non-hydrogen) atoms. The number of benzene rings is 1. The summed E-state index contributed by atoms with van der Waals surface area (Å²) in [5.74, 6) is 2.14. The number of fused-ring (bicyclic) bond motifs is 2. The Morgan fingerprint density at radius 1 is 1.09 bits per heavy atom. The second-order valence-electron chi connectivity index (χ2n) is 6.96. The molecule has 3 fully saturated rings. The number of anilines is 1. The lowest BCUT2D eigenvalue weighted by Crippen LogP contribution is -2.54. The van der Waals surface area contributed by atoms with Crippen molar-refractivity contribution in [2.75, 3.05) is 38.2 Å². The van der Waals surface area contributed by atoms with Gasteiger partial charge in [0.05, 0.1) is 18.9 Å². The van der Waals surface area contributed by atoms with Gasteiger partial charge in [-0.05, 0) is 49.4 Å². The summed E-state index contributed by atoms with van der Waals surface area (Å²) in [5, 5.41) is 13.1. The van der Waals surface area contributed by atoms with Gasteiger partial charge in [-0.25, -0.2) is 0 Å². The van der Waals surface area contributed by atoms with Crippen molar-refractivity contribution in [2.24, 2.45) is 17.0 Å². The molecular weight excluding hydrogens is 290 g/mol. The highest BCUT2D eigenvalue weighted by molar-refractivity contribution is 5.94. The van der Waals surface area contributed by atoms with Gasteiger partial charge >= 0.3 is 0 Å². The fourth-order valence-electron chi connectivity index (χ4n) is 4.73. The van der Waals surface area contributed by atoms with E-state index in [0.717, 1.165) is 37.6 Å². The summed E-state index contributed by atoms with van der Waals surface area (Å²) < 4.78 is 5.23. The standard InChI is InChI=1S/C18H25N3O2/c1-23-16-6-4-15(5-7-16)20-8-10-21(11-9-20)18-14-3-2-13(12-14)17(18)19-22/h4-7,13-14,18,22H,2-3,8-12H2,1H3/b19-17-/t13-,14-,18-/m0/s1. The predicted octanol–water partition coefficient (Wildman–Crippen LogP) is 2.45. The Bertz CT molecular complexity index is 578. The van der Waals surface area contributed by atoms with E-state index in [1.165, 1.54) is 24.9 Å². The third kappa shape index (κ3) is 2.57. The van der Waals surface area contributed by atoms with E-state index in [1.807, 2.05) is 12.1 Å². The molecule has 2 saturated carbocycles. The molecule has 3 aliphatic rings. The first-order chi connectivity index (χ1) is 11.3. The van der Waals surface area contributed by atoms with Gasteiger partial charge in [-0.2, -0.15) is 0 Å². The molecule has 1 saturated heterocycles. The Kier molecular flexibility index (Phi) is 3.89. The van der Waals surface area contributed by atoms with E-state index in [4.69, 9.17) is 4.74 Å². The van der Waals surface area contributed by atoms with Gasteiger partial charge in [-0.1, -0.05) is 5.16 Å². The van der Waals surface area contributed by atoms with Gasteiger partial charge in [-0.15, -0.1) is 0 Å². The first-order valence-corrected chi connectivity index (χ1v) is 8.65. The monoisotopic (exact) mass is 315 g/mol. The molecule has 124 valence electrons. The van der Waals surface area contributed by atoms with E-state index in [-0.39, 0.29) is 0 Å². The van der Waals surface area contributed by atoms with Crippen LogP contribution in [0.1, 0.15) is 19.3 Å². The van der Waals surface area contributed by atoms with Gasteiger partial charge in [0.25, 0.3) is 0 Å². The zero-order valence-corrected chi connectivity index (χ0v) is 13.7. The van der Waals surface area contributed by atoms with Crippen molar-refractivity contribution in [3.8, 4) is 5.75 Å². The number of hydrogen-bond donors (Lipinski definition) is 1. The molecule has 1 N–H and O–H groups in total. The third-order valence-electron chi connectivity index (χ3n) is 5.90. The maximum Gasteiger partial charge on any atom is 0.119 e. The zero-order valence-electron chi connectivity index (χ0n) is 13.7. The van der Waals surface area contributed by atoms with E-state index in [0.29, 0.717) is 17.9 Å². The van der Waals surface area contributed by atoms with Crippen LogP contribution in [0.15, 0.2) is 29.4 Å². The van der Waals surface area contributed by atoms with Crippen molar-refractivity contribution >= 4 is 11.4 Å². The first-order valence-electron chi connectivity index (χ1n) is 8.65. The average Bonchev–Trinajstić information content (AvgIpc) is 3.23. The average molecular weight is 315 g/mol. The predicted molar refractivity (Wildman–Crippen MR) is 90.6 cm³/mol. The van der Waals surface area contributed by atoms with Crippen LogP contribution in [0.5, 0.6) is 5.75 Å². The molecule has 5 nitrogen and oxygen atoms in total. The maximum absolute atomic E-state index is 9.41. The number of oxime groups is 1. The summed E-state index contributed by atoms with van der Waals surface area (Å²) in [5.41, 5.74) is 2.31. The van der Waals surface area contributed by atoms with Gasteiger partial charge < -0.3 is 14.8 Å². The molecule has 1 aliphatic heterocycles. The SMILES string of the molecule is COc1ccc(N2CCN([C@@H]3/C(=N\O)[C@H]4CC[C@H]3C4)CC2)cc1. The van der Waals surface area contributed by atoms with E-state index < -0.39 is 0 Å². The Labute approximate surface area is 137 Å². The number of methoxy groups -OCH3 is 1. The molecule has 0 radical (unpaired) electrons. The highest BCUT2D eigenvalue weighted by Crippen LogP contribution is 2.45. The molecule has 1 heterocycles. The van der Waals surface area contributed by atoms with Crippen molar-refractivity contribution in [3.05, 3.63) is 24.3 Å². The Morgan fingerprint density at radius 3 is 2.48 bits per heavy atom. The Balaban J connectivity index is 1.41. The fourth-order valence-corrected chi connectivity index (χ4v) is 4.73. The van der Waals surface area contributed by atoms with Crippen molar-refractivity contribution in [2.45, 2.75) is 25.3 Å². The smallest absolute Gasteiger partial charge is 0.119 e. The van der Waals surface area contributed by atoms with E-state index >= 15 is 0 Å².